The number of carbonyl (C=O) groups is 2. The highest BCUT2D eigenvalue weighted by Crippen LogP contribution is 2.42. The smallest absolute Gasteiger partial charge is 0.340 e. The van der Waals surface area contributed by atoms with Crippen molar-refractivity contribution in [2.45, 2.75) is 59.5 Å². The second kappa shape index (κ2) is 7.82. The van der Waals surface area contributed by atoms with E-state index >= 15 is 0 Å². The number of anilines is 1. The van der Waals surface area contributed by atoms with E-state index in [0.717, 1.165) is 29.7 Å². The normalized spacial score (nSPS) is 15.4. The first-order valence-electron chi connectivity index (χ1n) is 9.83. The molecule has 156 valence electrons. The molecule has 1 aromatic carbocycles. The molecule has 0 aliphatic heterocycles. The lowest BCUT2D eigenvalue weighted by Gasteiger charge is -2.30. The molecule has 0 radical (unpaired) electrons. The van der Waals surface area contributed by atoms with E-state index < -0.39 is 11.6 Å². The van der Waals surface area contributed by atoms with E-state index in [1.54, 1.807) is 19.2 Å². The Labute approximate surface area is 176 Å². The molecule has 1 aliphatic carbocycles. The van der Waals surface area contributed by atoms with Crippen molar-refractivity contribution in [2.24, 2.45) is 5.41 Å². The Morgan fingerprint density at radius 2 is 1.86 bits per heavy atom. The van der Waals surface area contributed by atoms with E-state index in [9.17, 15) is 9.59 Å². The number of esters is 1. The van der Waals surface area contributed by atoms with Crippen molar-refractivity contribution in [1.82, 2.24) is 0 Å². The van der Waals surface area contributed by atoms with Crippen LogP contribution in [0.1, 0.15) is 71.5 Å². The zero-order valence-electron chi connectivity index (χ0n) is 18.0. The van der Waals surface area contributed by atoms with Gasteiger partial charge in [-0.05, 0) is 63.1 Å². The van der Waals surface area contributed by atoms with E-state index in [2.05, 4.69) is 19.2 Å². The molecule has 1 heterocycles. The predicted molar refractivity (Wildman–Crippen MR) is 116 cm³/mol. The summed E-state index contributed by atoms with van der Waals surface area (Å²) in [6.07, 6.45) is 2.65. The second-order valence-corrected chi connectivity index (χ2v) is 10.3. The summed E-state index contributed by atoms with van der Waals surface area (Å²) in [4.78, 5) is 27.8. The first-order chi connectivity index (χ1) is 13.5. The van der Waals surface area contributed by atoms with Crippen LogP contribution in [-0.2, 0) is 17.6 Å². The molecule has 3 rings (SSSR count). The van der Waals surface area contributed by atoms with Crippen LogP contribution in [-0.4, -0.2) is 24.6 Å². The molecule has 1 aliphatic rings. The fourth-order valence-electron chi connectivity index (χ4n) is 3.55. The van der Waals surface area contributed by atoms with Gasteiger partial charge in [0, 0.05) is 4.88 Å². The number of methoxy groups -OCH3 is 1. The van der Waals surface area contributed by atoms with Gasteiger partial charge in [-0.25, -0.2) is 4.79 Å². The largest absolute Gasteiger partial charge is 0.495 e. The molecule has 1 N–H and O–H groups in total. The Bertz CT molecular complexity index is 937. The zero-order valence-corrected chi connectivity index (χ0v) is 18.8. The SMILES string of the molecule is COc1ccccc1NC(=O)c1sc2c(c1C(=O)OC(C)(C)C)CC(C)(C)CC2. The van der Waals surface area contributed by atoms with Crippen LogP contribution in [0.15, 0.2) is 24.3 Å². The first kappa shape index (κ1) is 21.4. The van der Waals surface area contributed by atoms with Crippen LogP contribution in [0, 0.1) is 5.41 Å². The molecule has 5 nitrogen and oxygen atoms in total. The van der Waals surface area contributed by atoms with Crippen LogP contribution in [0.3, 0.4) is 0 Å². The van der Waals surface area contributed by atoms with Gasteiger partial charge < -0.3 is 14.8 Å². The number of carbonyl (C=O) groups excluding carboxylic acids is 2. The number of ether oxygens (including phenoxy) is 2. The summed E-state index contributed by atoms with van der Waals surface area (Å²) < 4.78 is 11.0. The Balaban J connectivity index is 2.02. The molecule has 0 atom stereocenters. The number of benzene rings is 1. The molecule has 0 fully saturated rings. The molecule has 1 amide bonds. The Hall–Kier alpha value is -2.34. The van der Waals surface area contributed by atoms with Crippen LogP contribution in [0.4, 0.5) is 5.69 Å². The van der Waals surface area contributed by atoms with Crippen LogP contribution < -0.4 is 10.1 Å². The quantitative estimate of drug-likeness (QED) is 0.672. The molecule has 0 saturated heterocycles. The number of fused-ring (bicyclic) bond motifs is 1. The van der Waals surface area contributed by atoms with Gasteiger partial charge in [0.2, 0.25) is 0 Å². The second-order valence-electron chi connectivity index (χ2n) is 9.21. The number of nitrogens with one attached hydrogen (secondary N) is 1. The maximum Gasteiger partial charge on any atom is 0.340 e. The maximum absolute atomic E-state index is 13.2. The summed E-state index contributed by atoms with van der Waals surface area (Å²) in [5.41, 5.74) is 1.40. The summed E-state index contributed by atoms with van der Waals surface area (Å²) in [5, 5.41) is 2.90. The molecule has 2 aromatic rings. The van der Waals surface area contributed by atoms with Crippen molar-refractivity contribution in [3.8, 4) is 5.75 Å². The van der Waals surface area contributed by atoms with Crippen molar-refractivity contribution in [3.63, 3.8) is 0 Å². The standard InChI is InChI=1S/C23H29NO4S/c1-22(2,3)28-21(26)18-14-13-23(4,5)12-11-17(14)29-19(18)20(25)24-15-9-7-8-10-16(15)27-6/h7-10H,11-13H2,1-6H3,(H,24,25). The van der Waals surface area contributed by atoms with Crippen molar-refractivity contribution in [1.29, 1.82) is 0 Å². The predicted octanol–water partition coefficient (Wildman–Crippen LogP) is 5.48. The fourth-order valence-corrected chi connectivity index (χ4v) is 4.75. The number of para-hydroxylation sites is 2. The van der Waals surface area contributed by atoms with Gasteiger partial charge in [-0.1, -0.05) is 26.0 Å². The molecule has 0 unspecified atom stereocenters. The minimum atomic E-state index is -0.632. The van der Waals surface area contributed by atoms with Crippen molar-refractivity contribution in [3.05, 3.63) is 45.1 Å². The highest BCUT2D eigenvalue weighted by Gasteiger charge is 2.36. The molecule has 0 saturated carbocycles. The number of hydrogen-bond donors (Lipinski definition) is 1. The summed E-state index contributed by atoms with van der Waals surface area (Å²) in [6, 6.07) is 7.23. The Morgan fingerprint density at radius 1 is 1.17 bits per heavy atom. The number of thiophene rings is 1. The average molecular weight is 416 g/mol. The molecule has 0 spiro atoms. The molecular formula is C23H29NO4S. The van der Waals surface area contributed by atoms with Gasteiger partial charge >= 0.3 is 5.97 Å². The van der Waals surface area contributed by atoms with E-state index in [0.29, 0.717) is 21.9 Å². The third-order valence-corrected chi connectivity index (χ3v) is 6.23. The van der Waals surface area contributed by atoms with E-state index in [1.807, 2.05) is 32.9 Å². The highest BCUT2D eigenvalue weighted by atomic mass is 32.1. The summed E-state index contributed by atoms with van der Waals surface area (Å²) >= 11 is 1.40. The zero-order chi connectivity index (χ0) is 21.4. The van der Waals surface area contributed by atoms with Gasteiger partial charge in [0.25, 0.3) is 5.91 Å². The lowest BCUT2D eigenvalue weighted by atomic mass is 9.76. The van der Waals surface area contributed by atoms with Gasteiger partial charge in [0.15, 0.2) is 0 Å². The maximum atomic E-state index is 13.2. The topological polar surface area (TPSA) is 64.6 Å². The monoisotopic (exact) mass is 415 g/mol. The van der Waals surface area contributed by atoms with Gasteiger partial charge in [-0.3, -0.25) is 4.79 Å². The van der Waals surface area contributed by atoms with Crippen LogP contribution in [0.2, 0.25) is 0 Å². The van der Waals surface area contributed by atoms with Gasteiger partial charge in [0.05, 0.1) is 18.4 Å². The van der Waals surface area contributed by atoms with Crippen LogP contribution in [0.25, 0.3) is 0 Å². The minimum absolute atomic E-state index is 0.0846. The fraction of sp³-hybridized carbons (Fsp3) is 0.478. The summed E-state index contributed by atoms with van der Waals surface area (Å²) in [6.45, 7) is 9.90. The Kier molecular flexibility index (Phi) is 5.77. The van der Waals surface area contributed by atoms with Crippen molar-refractivity contribution < 1.29 is 19.1 Å². The van der Waals surface area contributed by atoms with Crippen LogP contribution in [0.5, 0.6) is 5.75 Å². The molecule has 0 bridgehead atoms. The lowest BCUT2D eigenvalue weighted by Crippen LogP contribution is -2.28. The summed E-state index contributed by atoms with van der Waals surface area (Å²) in [5.74, 6) is -0.174. The van der Waals surface area contributed by atoms with Gasteiger partial charge in [0.1, 0.15) is 16.2 Å². The molecule has 1 aromatic heterocycles. The highest BCUT2D eigenvalue weighted by molar-refractivity contribution is 7.14. The first-order valence-corrected chi connectivity index (χ1v) is 10.6. The minimum Gasteiger partial charge on any atom is -0.495 e. The third kappa shape index (κ3) is 4.81. The van der Waals surface area contributed by atoms with E-state index in [1.165, 1.54) is 11.3 Å². The number of hydrogen-bond acceptors (Lipinski definition) is 5. The molecule has 6 heteroatoms. The molecule has 29 heavy (non-hydrogen) atoms. The lowest BCUT2D eigenvalue weighted by molar-refractivity contribution is 0.00666. The van der Waals surface area contributed by atoms with Gasteiger partial charge in [-0.2, -0.15) is 0 Å². The van der Waals surface area contributed by atoms with E-state index in [-0.39, 0.29) is 11.3 Å². The van der Waals surface area contributed by atoms with Gasteiger partial charge in [-0.15, -0.1) is 11.3 Å². The number of aryl methyl sites for hydroxylation is 1. The molecular weight excluding hydrogens is 386 g/mol. The Morgan fingerprint density at radius 3 is 2.52 bits per heavy atom. The average Bonchev–Trinajstić information content (AvgIpc) is 2.98. The van der Waals surface area contributed by atoms with E-state index in [4.69, 9.17) is 9.47 Å². The third-order valence-electron chi connectivity index (χ3n) is 4.94. The number of amides is 1. The van der Waals surface area contributed by atoms with Crippen molar-refractivity contribution >= 4 is 28.9 Å². The summed E-state index contributed by atoms with van der Waals surface area (Å²) in [7, 11) is 1.56. The van der Waals surface area contributed by atoms with Crippen molar-refractivity contribution in [2.75, 3.05) is 12.4 Å². The number of rotatable bonds is 4. The van der Waals surface area contributed by atoms with Crippen LogP contribution >= 0.6 is 11.3 Å².